The fraction of sp³-hybridized carbons (Fsp3) is 0.636. The maximum Gasteiger partial charge on any atom is 0.436 e. The molecule has 1 aliphatic carbocycles. The number of ether oxygens (including phenoxy) is 1. The van der Waals surface area contributed by atoms with Gasteiger partial charge in [-0.15, -0.1) is 11.6 Å². The van der Waals surface area contributed by atoms with Crippen LogP contribution in [0.5, 0.6) is 0 Å². The lowest BCUT2D eigenvalue weighted by Crippen LogP contribution is -2.39. The van der Waals surface area contributed by atoms with E-state index in [2.05, 4.69) is 29.1 Å². The van der Waals surface area contributed by atoms with Crippen molar-refractivity contribution in [1.29, 1.82) is 0 Å². The van der Waals surface area contributed by atoms with Crippen molar-refractivity contribution in [2.45, 2.75) is 44.1 Å². The molecule has 11 heteroatoms. The van der Waals surface area contributed by atoms with Gasteiger partial charge in [0.2, 0.25) is 5.91 Å². The smallest absolute Gasteiger partial charge is 0.375 e. The maximum absolute atomic E-state index is 13.1. The molecule has 3 heterocycles. The molecule has 0 saturated carbocycles. The zero-order valence-corrected chi connectivity index (χ0v) is 20.2. The number of nitrogens with zero attached hydrogens (tertiary/aromatic N) is 4. The van der Waals surface area contributed by atoms with E-state index in [1.165, 1.54) is 6.92 Å². The first-order valence-corrected chi connectivity index (χ1v) is 11.7. The van der Waals surface area contributed by atoms with Gasteiger partial charge in [-0.05, 0) is 37.3 Å². The number of hydrogen-bond donors (Lipinski definition) is 0. The summed E-state index contributed by atoms with van der Waals surface area (Å²) < 4.78 is 45.7. The number of carbonyl (C=O) groups excluding carboxylic acids is 1. The Hall–Kier alpha value is -1.55. The van der Waals surface area contributed by atoms with Crippen LogP contribution in [0, 0.1) is 18.8 Å². The number of hydrogen-bond acceptors (Lipinski definition) is 4. The summed E-state index contributed by atoms with van der Waals surface area (Å²) in [4.78, 5) is 17.0. The molecule has 0 N–H and O–H groups in total. The minimum Gasteiger partial charge on any atom is -0.375 e. The summed E-state index contributed by atoms with van der Waals surface area (Å²) in [6.07, 6.45) is 1.26. The Labute approximate surface area is 200 Å². The van der Waals surface area contributed by atoms with E-state index in [1.54, 1.807) is 12.0 Å². The van der Waals surface area contributed by atoms with Crippen LogP contribution in [0.1, 0.15) is 18.3 Å². The van der Waals surface area contributed by atoms with Gasteiger partial charge in [0.25, 0.3) is 0 Å². The van der Waals surface area contributed by atoms with Crippen molar-refractivity contribution in [3.05, 3.63) is 40.2 Å². The van der Waals surface area contributed by atoms with E-state index < -0.39 is 16.9 Å². The standard InChI is InChI=1S/C22H27Cl2F3N4O2/c1-12(14-4-5-17(23)18(6-14)33-3)29-7-15-9-30(10-16(15)8-29)19(32)11-31-13(2)20(24)21(28-31)22(25,26)27/h4-6,12,15-18H,7-11H2,1-3H3. The second kappa shape index (κ2) is 9.24. The number of alkyl halides is 4. The van der Waals surface area contributed by atoms with Gasteiger partial charge in [-0.1, -0.05) is 23.8 Å². The second-order valence-corrected chi connectivity index (χ2v) is 9.90. The van der Waals surface area contributed by atoms with Crippen molar-refractivity contribution in [1.82, 2.24) is 19.6 Å². The molecule has 6 nitrogen and oxygen atoms in total. The Morgan fingerprint density at radius 2 is 1.91 bits per heavy atom. The summed E-state index contributed by atoms with van der Waals surface area (Å²) in [6, 6.07) is 0.201. The third-order valence-electron chi connectivity index (χ3n) is 7.00. The van der Waals surface area contributed by atoms with Gasteiger partial charge in [-0.25, -0.2) is 0 Å². The van der Waals surface area contributed by atoms with Crippen LogP contribution < -0.4 is 0 Å². The van der Waals surface area contributed by atoms with Crippen LogP contribution in [0.15, 0.2) is 23.8 Å². The molecular formula is C22H27Cl2F3N4O2. The van der Waals surface area contributed by atoms with Crippen molar-refractivity contribution in [3.8, 4) is 0 Å². The van der Waals surface area contributed by atoms with Crippen LogP contribution in [-0.2, 0) is 22.3 Å². The van der Waals surface area contributed by atoms with E-state index in [0.29, 0.717) is 24.9 Å². The minimum absolute atomic E-state index is 0.138. The molecule has 0 radical (unpaired) electrons. The third kappa shape index (κ3) is 4.83. The zero-order chi connectivity index (χ0) is 24.1. The number of rotatable bonds is 5. The maximum atomic E-state index is 13.1. The molecule has 1 aromatic heterocycles. The molecule has 5 atom stereocenters. The van der Waals surface area contributed by atoms with Gasteiger partial charge in [-0.3, -0.25) is 14.4 Å². The lowest BCUT2D eigenvalue weighted by Gasteiger charge is -2.30. The van der Waals surface area contributed by atoms with Gasteiger partial charge < -0.3 is 9.64 Å². The van der Waals surface area contributed by atoms with Crippen molar-refractivity contribution < 1.29 is 22.7 Å². The van der Waals surface area contributed by atoms with Crippen LogP contribution in [0.2, 0.25) is 5.02 Å². The molecule has 0 bridgehead atoms. The molecule has 1 aromatic rings. The van der Waals surface area contributed by atoms with Crippen LogP contribution >= 0.6 is 23.2 Å². The predicted octanol–water partition coefficient (Wildman–Crippen LogP) is 3.76. The highest BCUT2D eigenvalue weighted by molar-refractivity contribution is 6.32. The number of amides is 1. The van der Waals surface area contributed by atoms with E-state index in [4.69, 9.17) is 27.9 Å². The zero-order valence-electron chi connectivity index (χ0n) is 18.6. The molecule has 2 aliphatic heterocycles. The fourth-order valence-corrected chi connectivity index (χ4v) is 5.46. The average molecular weight is 507 g/mol. The minimum atomic E-state index is -4.65. The van der Waals surface area contributed by atoms with Gasteiger partial charge in [0, 0.05) is 39.3 Å². The number of likely N-dealkylation sites (tertiary alicyclic amines) is 2. The first kappa shape index (κ1) is 24.6. The first-order valence-electron chi connectivity index (χ1n) is 10.9. The molecular weight excluding hydrogens is 480 g/mol. The molecule has 2 saturated heterocycles. The summed E-state index contributed by atoms with van der Waals surface area (Å²) in [7, 11) is 1.65. The first-order chi connectivity index (χ1) is 15.5. The highest BCUT2D eigenvalue weighted by Crippen LogP contribution is 2.36. The number of aromatic nitrogens is 2. The largest absolute Gasteiger partial charge is 0.436 e. The summed E-state index contributed by atoms with van der Waals surface area (Å²) in [5.41, 5.74) is 0.150. The van der Waals surface area contributed by atoms with Crippen LogP contribution in [-0.4, -0.2) is 76.3 Å². The van der Waals surface area contributed by atoms with Gasteiger partial charge in [-0.2, -0.15) is 18.3 Å². The fourth-order valence-electron chi connectivity index (χ4n) is 4.97. The summed E-state index contributed by atoms with van der Waals surface area (Å²) in [5, 5.41) is 2.91. The van der Waals surface area contributed by atoms with E-state index in [1.807, 2.05) is 6.08 Å². The SMILES string of the molecule is COC1C=C(C(C)N2CC3CN(C(=O)Cn4nc(C(F)(F)F)c(Cl)c4C)CC3C2)C=CC1Cl. The lowest BCUT2D eigenvalue weighted by molar-refractivity contribution is -0.142. The number of carbonyl (C=O) groups is 1. The highest BCUT2D eigenvalue weighted by atomic mass is 35.5. The van der Waals surface area contributed by atoms with Gasteiger partial charge >= 0.3 is 6.18 Å². The average Bonchev–Trinajstić information content (AvgIpc) is 3.41. The molecule has 1 amide bonds. The Kier molecular flexibility index (Phi) is 6.88. The van der Waals surface area contributed by atoms with Gasteiger partial charge in [0.15, 0.2) is 5.69 Å². The number of methoxy groups -OCH3 is 1. The Morgan fingerprint density at radius 3 is 2.45 bits per heavy atom. The summed E-state index contributed by atoms with van der Waals surface area (Å²) in [6.45, 7) is 6.23. The van der Waals surface area contributed by atoms with E-state index in [9.17, 15) is 18.0 Å². The Balaban J connectivity index is 1.35. The third-order valence-corrected chi connectivity index (χ3v) is 7.85. The van der Waals surface area contributed by atoms with Crippen LogP contribution in [0.3, 0.4) is 0 Å². The molecule has 3 aliphatic rings. The molecule has 0 aromatic carbocycles. The monoisotopic (exact) mass is 506 g/mol. The molecule has 4 rings (SSSR count). The predicted molar refractivity (Wildman–Crippen MR) is 119 cm³/mol. The second-order valence-electron chi connectivity index (χ2n) is 9.02. The molecule has 0 spiro atoms. The molecule has 2 fully saturated rings. The molecule has 33 heavy (non-hydrogen) atoms. The number of fused-ring (bicyclic) bond motifs is 1. The highest BCUT2D eigenvalue weighted by Gasteiger charge is 2.44. The van der Waals surface area contributed by atoms with Crippen molar-refractivity contribution in [3.63, 3.8) is 0 Å². The van der Waals surface area contributed by atoms with Gasteiger partial charge in [0.1, 0.15) is 6.54 Å². The van der Waals surface area contributed by atoms with Crippen molar-refractivity contribution in [2.75, 3.05) is 33.3 Å². The normalized spacial score (nSPS) is 28.8. The topological polar surface area (TPSA) is 50.6 Å². The van der Waals surface area contributed by atoms with E-state index in [0.717, 1.165) is 23.3 Å². The molecule has 182 valence electrons. The van der Waals surface area contributed by atoms with Crippen molar-refractivity contribution in [2.24, 2.45) is 11.8 Å². The van der Waals surface area contributed by atoms with E-state index in [-0.39, 0.29) is 35.7 Å². The lowest BCUT2D eigenvalue weighted by atomic mass is 9.98. The van der Waals surface area contributed by atoms with Crippen molar-refractivity contribution >= 4 is 29.1 Å². The van der Waals surface area contributed by atoms with Crippen LogP contribution in [0.25, 0.3) is 0 Å². The quantitative estimate of drug-likeness (QED) is 0.570. The Morgan fingerprint density at radius 1 is 1.27 bits per heavy atom. The Bertz CT molecular complexity index is 964. The summed E-state index contributed by atoms with van der Waals surface area (Å²) in [5.74, 6) is 0.419. The molecule has 5 unspecified atom stereocenters. The van der Waals surface area contributed by atoms with Gasteiger partial charge in [0.05, 0.1) is 22.2 Å². The number of halogens is 5. The van der Waals surface area contributed by atoms with Crippen LogP contribution in [0.4, 0.5) is 13.2 Å². The van der Waals surface area contributed by atoms with E-state index >= 15 is 0 Å². The summed E-state index contributed by atoms with van der Waals surface area (Å²) >= 11 is 12.1.